The molecule has 5 heteroatoms. The predicted octanol–water partition coefficient (Wildman–Crippen LogP) is -0.418. The summed E-state index contributed by atoms with van der Waals surface area (Å²) in [5.41, 5.74) is -0.254. The molecule has 0 spiro atoms. The highest BCUT2D eigenvalue weighted by Crippen LogP contribution is 2.11. The van der Waals surface area contributed by atoms with Gasteiger partial charge in [0.25, 0.3) is 11.5 Å². The molecule has 80 valence electrons. The summed E-state index contributed by atoms with van der Waals surface area (Å²) in [7, 11) is 0. The summed E-state index contributed by atoms with van der Waals surface area (Å²) in [6.45, 7) is 0.821. The van der Waals surface area contributed by atoms with Crippen LogP contribution in [0.5, 0.6) is 0 Å². The summed E-state index contributed by atoms with van der Waals surface area (Å²) in [5, 5.41) is 9.28. The number of aromatic amines is 1. The molecule has 1 atom stereocenters. The molecule has 0 bridgehead atoms. The number of hydrogen-bond donors (Lipinski definition) is 2. The van der Waals surface area contributed by atoms with E-state index in [4.69, 9.17) is 0 Å². The quantitative estimate of drug-likeness (QED) is 0.658. The van der Waals surface area contributed by atoms with Crippen molar-refractivity contribution in [3.8, 4) is 0 Å². The number of aliphatic hydroxyl groups excluding tert-OH is 1. The molecule has 2 rings (SSSR count). The third-order valence-corrected chi connectivity index (χ3v) is 2.50. The van der Waals surface area contributed by atoms with Crippen LogP contribution in [-0.4, -0.2) is 40.1 Å². The van der Waals surface area contributed by atoms with Crippen LogP contribution in [0.25, 0.3) is 0 Å². The third kappa shape index (κ3) is 1.92. The number of nitrogens with one attached hydrogen (secondary N) is 1. The standard InChI is InChI=1S/C10H12N2O3/c13-7-3-5-12(6-7)10(15)8-2-1-4-11-9(8)14/h1-2,4,7,13H,3,5-6H2,(H,11,14)/t7-/m1/s1. The zero-order valence-electron chi connectivity index (χ0n) is 8.14. The number of amides is 1. The van der Waals surface area contributed by atoms with E-state index in [0.29, 0.717) is 19.5 Å². The Labute approximate surface area is 86.3 Å². The van der Waals surface area contributed by atoms with E-state index in [1.54, 1.807) is 6.07 Å². The first-order chi connectivity index (χ1) is 7.18. The molecular weight excluding hydrogens is 196 g/mol. The molecule has 0 aliphatic carbocycles. The van der Waals surface area contributed by atoms with Gasteiger partial charge < -0.3 is 15.0 Å². The van der Waals surface area contributed by atoms with Crippen molar-refractivity contribution in [2.24, 2.45) is 0 Å². The topological polar surface area (TPSA) is 73.4 Å². The van der Waals surface area contributed by atoms with Crippen LogP contribution in [-0.2, 0) is 0 Å². The van der Waals surface area contributed by atoms with Crippen LogP contribution in [0, 0.1) is 0 Å². The first-order valence-electron chi connectivity index (χ1n) is 4.83. The van der Waals surface area contributed by atoms with Gasteiger partial charge in [0.1, 0.15) is 5.56 Å². The minimum atomic E-state index is -0.461. The van der Waals surface area contributed by atoms with Crippen LogP contribution >= 0.6 is 0 Å². The van der Waals surface area contributed by atoms with Crippen molar-refractivity contribution in [2.75, 3.05) is 13.1 Å². The van der Waals surface area contributed by atoms with Gasteiger partial charge in [-0.2, -0.15) is 0 Å². The smallest absolute Gasteiger partial charge is 0.260 e. The number of aliphatic hydroxyl groups is 1. The molecule has 2 N–H and O–H groups in total. The summed E-state index contributed by atoms with van der Waals surface area (Å²) in [5.74, 6) is -0.312. The molecule has 1 aliphatic heterocycles. The summed E-state index contributed by atoms with van der Waals surface area (Å²) in [6, 6.07) is 3.10. The Bertz CT molecular complexity index is 427. The Morgan fingerprint density at radius 1 is 1.60 bits per heavy atom. The van der Waals surface area contributed by atoms with Crippen molar-refractivity contribution in [3.63, 3.8) is 0 Å². The fourth-order valence-corrected chi connectivity index (χ4v) is 1.69. The Morgan fingerprint density at radius 3 is 3.00 bits per heavy atom. The van der Waals surface area contributed by atoms with E-state index in [2.05, 4.69) is 4.98 Å². The summed E-state index contributed by atoms with van der Waals surface area (Å²) in [4.78, 5) is 27.1. The van der Waals surface area contributed by atoms with Gasteiger partial charge >= 0.3 is 0 Å². The first kappa shape index (κ1) is 9.92. The van der Waals surface area contributed by atoms with E-state index in [1.165, 1.54) is 17.2 Å². The number of likely N-dealkylation sites (tertiary alicyclic amines) is 1. The van der Waals surface area contributed by atoms with Crippen LogP contribution < -0.4 is 5.56 Å². The van der Waals surface area contributed by atoms with Crippen molar-refractivity contribution < 1.29 is 9.90 Å². The summed E-state index contributed by atoms with van der Waals surface area (Å²) >= 11 is 0. The lowest BCUT2D eigenvalue weighted by molar-refractivity contribution is 0.0763. The van der Waals surface area contributed by atoms with E-state index >= 15 is 0 Å². The van der Waals surface area contributed by atoms with Gasteiger partial charge in [0.05, 0.1) is 6.10 Å². The molecule has 1 aliphatic rings. The van der Waals surface area contributed by atoms with Crippen molar-refractivity contribution in [1.29, 1.82) is 0 Å². The van der Waals surface area contributed by atoms with Gasteiger partial charge in [-0.15, -0.1) is 0 Å². The number of β-amino-alcohol motifs (C(OH)–C–C–N with tert-alkyl or cyclic N) is 1. The molecule has 1 aromatic rings. The lowest BCUT2D eigenvalue weighted by atomic mass is 10.2. The number of H-pyrrole nitrogens is 1. The van der Waals surface area contributed by atoms with Gasteiger partial charge in [-0.3, -0.25) is 9.59 Å². The Morgan fingerprint density at radius 2 is 2.40 bits per heavy atom. The maximum atomic E-state index is 11.8. The maximum absolute atomic E-state index is 11.8. The van der Waals surface area contributed by atoms with Crippen molar-refractivity contribution in [2.45, 2.75) is 12.5 Å². The van der Waals surface area contributed by atoms with Crippen molar-refractivity contribution in [1.82, 2.24) is 9.88 Å². The second kappa shape index (κ2) is 3.86. The van der Waals surface area contributed by atoms with E-state index in [9.17, 15) is 14.7 Å². The van der Waals surface area contributed by atoms with Crippen molar-refractivity contribution >= 4 is 5.91 Å². The largest absolute Gasteiger partial charge is 0.391 e. The average molecular weight is 208 g/mol. The van der Waals surface area contributed by atoms with Crippen LogP contribution in [0.1, 0.15) is 16.8 Å². The number of pyridine rings is 1. The van der Waals surface area contributed by atoms with E-state index in [0.717, 1.165) is 0 Å². The Kier molecular flexibility index (Phi) is 2.55. The normalized spacial score (nSPS) is 20.6. The highest BCUT2D eigenvalue weighted by Gasteiger charge is 2.26. The highest BCUT2D eigenvalue weighted by molar-refractivity contribution is 5.93. The van der Waals surface area contributed by atoms with Crippen LogP contribution in [0.4, 0.5) is 0 Å². The molecule has 0 unspecified atom stereocenters. The lowest BCUT2D eigenvalue weighted by Gasteiger charge is -2.14. The van der Waals surface area contributed by atoms with Gasteiger partial charge in [-0.05, 0) is 18.6 Å². The molecular formula is C10H12N2O3. The molecule has 0 radical (unpaired) electrons. The van der Waals surface area contributed by atoms with E-state index < -0.39 is 6.10 Å². The number of carbonyl (C=O) groups is 1. The summed E-state index contributed by atoms with van der Waals surface area (Å²) in [6.07, 6.45) is 1.60. The van der Waals surface area contributed by atoms with Gasteiger partial charge in [-0.25, -0.2) is 0 Å². The number of rotatable bonds is 1. The number of nitrogens with zero attached hydrogens (tertiary/aromatic N) is 1. The Balaban J connectivity index is 2.22. The van der Waals surface area contributed by atoms with Crippen LogP contribution in [0.3, 0.4) is 0 Å². The molecule has 1 amide bonds. The van der Waals surface area contributed by atoms with E-state index in [1.807, 2.05) is 0 Å². The second-order valence-electron chi connectivity index (χ2n) is 3.61. The first-order valence-corrected chi connectivity index (χ1v) is 4.83. The number of carbonyl (C=O) groups excluding carboxylic acids is 1. The van der Waals surface area contributed by atoms with Gasteiger partial charge in [-0.1, -0.05) is 0 Å². The molecule has 1 fully saturated rings. The zero-order valence-corrected chi connectivity index (χ0v) is 8.14. The fraction of sp³-hybridized carbons (Fsp3) is 0.400. The van der Waals surface area contributed by atoms with Gasteiger partial charge in [0.15, 0.2) is 0 Å². The minimum absolute atomic E-state index is 0.131. The Hall–Kier alpha value is -1.62. The maximum Gasteiger partial charge on any atom is 0.260 e. The molecule has 15 heavy (non-hydrogen) atoms. The highest BCUT2D eigenvalue weighted by atomic mass is 16.3. The van der Waals surface area contributed by atoms with E-state index in [-0.39, 0.29) is 17.0 Å². The average Bonchev–Trinajstić information content (AvgIpc) is 2.65. The zero-order chi connectivity index (χ0) is 10.8. The monoisotopic (exact) mass is 208 g/mol. The molecule has 0 aromatic carbocycles. The van der Waals surface area contributed by atoms with Gasteiger partial charge in [0.2, 0.25) is 0 Å². The summed E-state index contributed by atoms with van der Waals surface area (Å²) < 4.78 is 0. The second-order valence-corrected chi connectivity index (χ2v) is 3.61. The molecule has 0 saturated carbocycles. The SMILES string of the molecule is O=C(c1ccc[nH]c1=O)N1CC[C@@H](O)C1. The van der Waals surface area contributed by atoms with Crippen LogP contribution in [0.2, 0.25) is 0 Å². The van der Waals surface area contributed by atoms with Gasteiger partial charge in [0, 0.05) is 19.3 Å². The molecule has 5 nitrogen and oxygen atoms in total. The number of aromatic nitrogens is 1. The molecule has 2 heterocycles. The number of hydrogen-bond acceptors (Lipinski definition) is 3. The third-order valence-electron chi connectivity index (χ3n) is 2.50. The predicted molar refractivity (Wildman–Crippen MR) is 53.6 cm³/mol. The molecule has 1 aromatic heterocycles. The lowest BCUT2D eigenvalue weighted by Crippen LogP contribution is -2.33. The fourth-order valence-electron chi connectivity index (χ4n) is 1.69. The minimum Gasteiger partial charge on any atom is -0.391 e. The van der Waals surface area contributed by atoms with Crippen LogP contribution in [0.15, 0.2) is 23.1 Å². The molecule has 1 saturated heterocycles. The van der Waals surface area contributed by atoms with Crippen molar-refractivity contribution in [3.05, 3.63) is 34.2 Å².